The molecule has 0 atom stereocenters. The molecule has 0 amide bonds. The summed E-state index contributed by atoms with van der Waals surface area (Å²) >= 11 is 1.59. The van der Waals surface area contributed by atoms with Crippen molar-refractivity contribution in [2.75, 3.05) is 33.2 Å². The van der Waals surface area contributed by atoms with Crippen LogP contribution in [0.2, 0.25) is 0 Å². The molecule has 1 saturated heterocycles. The molecule has 3 aromatic heterocycles. The number of carbonyl (C=O) groups is 1. The number of rotatable bonds is 8. The van der Waals surface area contributed by atoms with Gasteiger partial charge in [0.2, 0.25) is 0 Å². The molecule has 7 heteroatoms. The molecule has 5 aromatic rings. The summed E-state index contributed by atoms with van der Waals surface area (Å²) in [6, 6.07) is 20.0. The largest absolute Gasteiger partial charge is 0.457 e. The van der Waals surface area contributed by atoms with Crippen molar-refractivity contribution in [3.63, 3.8) is 0 Å². The van der Waals surface area contributed by atoms with Crippen LogP contribution in [-0.2, 0) is 13.0 Å². The van der Waals surface area contributed by atoms with E-state index in [4.69, 9.17) is 9.72 Å². The molecule has 6 rings (SSSR count). The van der Waals surface area contributed by atoms with E-state index >= 15 is 0 Å². The second-order valence-corrected chi connectivity index (χ2v) is 11.8. The standard InChI is InChI=1S/C34H34N4O2S/c1-23-4-7-29(40-33-21-31(25-8-11-35-12-9-25)36-34-30(33)10-17-41-34)19-28(23)20-32(39)26-5-6-27(24(2)18-26)22-38-15-13-37(3)14-16-38/h4-12,17-19,21H,13-16,20,22H2,1-3H3. The van der Waals surface area contributed by atoms with Gasteiger partial charge in [-0.15, -0.1) is 11.3 Å². The lowest BCUT2D eigenvalue weighted by Gasteiger charge is -2.32. The maximum absolute atomic E-state index is 13.4. The first-order valence-corrected chi connectivity index (χ1v) is 14.9. The zero-order chi connectivity index (χ0) is 28.3. The smallest absolute Gasteiger partial charge is 0.167 e. The van der Waals surface area contributed by atoms with E-state index in [1.807, 2.05) is 66.9 Å². The van der Waals surface area contributed by atoms with Crippen LogP contribution in [0.3, 0.4) is 0 Å². The van der Waals surface area contributed by atoms with Crippen LogP contribution in [0.5, 0.6) is 11.5 Å². The van der Waals surface area contributed by atoms with Crippen LogP contribution in [0.15, 0.2) is 78.4 Å². The lowest BCUT2D eigenvalue weighted by molar-refractivity contribution is 0.0992. The van der Waals surface area contributed by atoms with Crippen LogP contribution < -0.4 is 4.74 Å². The summed E-state index contributed by atoms with van der Waals surface area (Å²) < 4.78 is 6.44. The van der Waals surface area contributed by atoms with E-state index in [2.05, 4.69) is 34.8 Å². The first kappa shape index (κ1) is 27.3. The van der Waals surface area contributed by atoms with Gasteiger partial charge < -0.3 is 9.64 Å². The predicted molar refractivity (Wildman–Crippen MR) is 166 cm³/mol. The quantitative estimate of drug-likeness (QED) is 0.191. The molecule has 41 heavy (non-hydrogen) atoms. The third kappa shape index (κ3) is 6.22. The van der Waals surface area contributed by atoms with Crippen LogP contribution in [0, 0.1) is 13.8 Å². The topological polar surface area (TPSA) is 58.6 Å². The fraction of sp³-hybridized carbons (Fsp3) is 0.265. The number of likely N-dealkylation sites (N-methyl/N-ethyl adjacent to an activating group) is 1. The Morgan fingerprint density at radius 3 is 2.49 bits per heavy atom. The van der Waals surface area contributed by atoms with Gasteiger partial charge in [0, 0.05) is 68.7 Å². The molecule has 0 radical (unpaired) electrons. The van der Waals surface area contributed by atoms with Gasteiger partial charge in [-0.25, -0.2) is 4.98 Å². The van der Waals surface area contributed by atoms with E-state index < -0.39 is 0 Å². The fourth-order valence-corrected chi connectivity index (χ4v) is 6.05. The number of aromatic nitrogens is 2. The first-order chi connectivity index (χ1) is 19.9. The minimum absolute atomic E-state index is 0.114. The third-order valence-electron chi connectivity index (χ3n) is 7.93. The molecular weight excluding hydrogens is 528 g/mol. The van der Waals surface area contributed by atoms with Gasteiger partial charge in [-0.05, 0) is 84.9 Å². The minimum Gasteiger partial charge on any atom is -0.457 e. The monoisotopic (exact) mass is 562 g/mol. The Balaban J connectivity index is 1.19. The molecule has 0 unspecified atom stereocenters. The third-order valence-corrected chi connectivity index (χ3v) is 8.74. The van der Waals surface area contributed by atoms with Crippen molar-refractivity contribution >= 4 is 27.3 Å². The summed E-state index contributed by atoms with van der Waals surface area (Å²) in [4.78, 5) is 28.1. The number of nitrogens with zero attached hydrogens (tertiary/aromatic N) is 4. The average Bonchev–Trinajstić information content (AvgIpc) is 3.47. The van der Waals surface area contributed by atoms with E-state index in [0.29, 0.717) is 12.2 Å². The Kier molecular flexibility index (Phi) is 7.92. The molecule has 1 aliphatic rings. The molecule has 4 heterocycles. The number of hydrogen-bond acceptors (Lipinski definition) is 7. The highest BCUT2D eigenvalue weighted by Crippen LogP contribution is 2.36. The predicted octanol–water partition coefficient (Wildman–Crippen LogP) is 6.94. The lowest BCUT2D eigenvalue weighted by atomic mass is 9.96. The number of hydrogen-bond donors (Lipinski definition) is 0. The summed E-state index contributed by atoms with van der Waals surface area (Å²) in [7, 11) is 2.17. The lowest BCUT2D eigenvalue weighted by Crippen LogP contribution is -2.43. The van der Waals surface area contributed by atoms with Gasteiger partial charge >= 0.3 is 0 Å². The Hall–Kier alpha value is -3.91. The average molecular weight is 563 g/mol. The number of benzene rings is 2. The van der Waals surface area contributed by atoms with Gasteiger partial charge in [0.15, 0.2) is 5.78 Å². The van der Waals surface area contributed by atoms with Crippen LogP contribution >= 0.6 is 11.3 Å². The van der Waals surface area contributed by atoms with Gasteiger partial charge in [0.25, 0.3) is 0 Å². The van der Waals surface area contributed by atoms with Crippen LogP contribution in [0.4, 0.5) is 0 Å². The van der Waals surface area contributed by atoms with E-state index in [0.717, 1.165) is 76.6 Å². The molecule has 2 aromatic carbocycles. The van der Waals surface area contributed by atoms with Gasteiger partial charge in [-0.2, -0.15) is 0 Å². The maximum atomic E-state index is 13.4. The number of Topliss-reactive ketones (excluding diaryl/α,β-unsaturated/α-hetero) is 1. The van der Waals surface area contributed by atoms with E-state index in [1.165, 1.54) is 11.1 Å². The number of aryl methyl sites for hydroxylation is 2. The molecule has 208 valence electrons. The second kappa shape index (κ2) is 11.9. The van der Waals surface area contributed by atoms with Crippen molar-refractivity contribution in [1.29, 1.82) is 0 Å². The summed E-state index contributed by atoms with van der Waals surface area (Å²) in [5, 5.41) is 3.00. The highest BCUT2D eigenvalue weighted by Gasteiger charge is 2.17. The molecule has 6 nitrogen and oxygen atoms in total. The maximum Gasteiger partial charge on any atom is 0.167 e. The number of thiophene rings is 1. The first-order valence-electron chi connectivity index (χ1n) is 14.0. The Morgan fingerprint density at radius 2 is 1.71 bits per heavy atom. The summed E-state index contributed by atoms with van der Waals surface area (Å²) in [5.74, 6) is 1.57. The van der Waals surface area contributed by atoms with Crippen molar-refractivity contribution in [2.45, 2.75) is 26.8 Å². The van der Waals surface area contributed by atoms with Crippen molar-refractivity contribution in [1.82, 2.24) is 19.8 Å². The zero-order valence-electron chi connectivity index (χ0n) is 23.8. The highest BCUT2D eigenvalue weighted by atomic mass is 32.1. The Labute approximate surface area is 245 Å². The van der Waals surface area contributed by atoms with E-state index in [9.17, 15) is 4.79 Å². The van der Waals surface area contributed by atoms with Gasteiger partial charge in [-0.1, -0.05) is 18.2 Å². The number of pyridine rings is 2. The molecule has 1 fully saturated rings. The molecule has 0 aliphatic carbocycles. The van der Waals surface area contributed by atoms with E-state index in [-0.39, 0.29) is 5.78 Å². The van der Waals surface area contributed by atoms with Crippen LogP contribution in [0.25, 0.3) is 21.5 Å². The van der Waals surface area contributed by atoms with Crippen LogP contribution in [-0.4, -0.2) is 58.8 Å². The van der Waals surface area contributed by atoms with Crippen molar-refractivity contribution in [3.05, 3.63) is 106 Å². The molecule has 0 spiro atoms. The number of fused-ring (bicyclic) bond motifs is 1. The normalized spacial score (nSPS) is 14.4. The summed E-state index contributed by atoms with van der Waals surface area (Å²) in [6.45, 7) is 9.45. The number of piperazine rings is 1. The number of carbonyl (C=O) groups excluding carboxylic acids is 1. The Bertz CT molecular complexity index is 1690. The van der Waals surface area contributed by atoms with Gasteiger partial charge in [0.05, 0.1) is 11.1 Å². The van der Waals surface area contributed by atoms with Crippen LogP contribution in [0.1, 0.15) is 32.6 Å². The van der Waals surface area contributed by atoms with Crippen molar-refractivity contribution in [2.24, 2.45) is 0 Å². The molecule has 1 aliphatic heterocycles. The fourth-order valence-electron chi connectivity index (χ4n) is 5.27. The van der Waals surface area contributed by atoms with Crippen molar-refractivity contribution in [3.8, 4) is 22.8 Å². The van der Waals surface area contributed by atoms with E-state index in [1.54, 1.807) is 23.7 Å². The summed E-state index contributed by atoms with van der Waals surface area (Å²) in [6.07, 6.45) is 3.86. The zero-order valence-corrected chi connectivity index (χ0v) is 24.6. The molecule has 0 bridgehead atoms. The van der Waals surface area contributed by atoms with Crippen molar-refractivity contribution < 1.29 is 9.53 Å². The highest BCUT2D eigenvalue weighted by molar-refractivity contribution is 7.16. The summed E-state index contributed by atoms with van der Waals surface area (Å²) in [5.41, 5.74) is 7.09. The number of ketones is 1. The van der Waals surface area contributed by atoms with Gasteiger partial charge in [-0.3, -0.25) is 14.7 Å². The molecule has 0 N–H and O–H groups in total. The minimum atomic E-state index is 0.114. The Morgan fingerprint density at radius 1 is 0.902 bits per heavy atom. The number of ether oxygens (including phenoxy) is 1. The van der Waals surface area contributed by atoms with Gasteiger partial charge in [0.1, 0.15) is 16.3 Å². The molecule has 0 saturated carbocycles. The molecular formula is C34H34N4O2S. The SMILES string of the molecule is Cc1ccc(Oc2cc(-c3ccncc3)nc3sccc23)cc1CC(=O)c1ccc(CN2CCN(C)CC2)c(C)c1. The second-order valence-electron chi connectivity index (χ2n) is 10.9.